The van der Waals surface area contributed by atoms with Crippen LogP contribution < -0.4 is 11.1 Å². The zero-order valence-electron chi connectivity index (χ0n) is 13.6. The Morgan fingerprint density at radius 3 is 2.83 bits per heavy atom. The maximum Gasteiger partial charge on any atom is 0.255 e. The molecule has 0 radical (unpaired) electrons. The summed E-state index contributed by atoms with van der Waals surface area (Å²) in [5, 5.41) is 13.3. The molecule has 0 saturated carbocycles. The Labute approximate surface area is 155 Å². The van der Waals surface area contributed by atoms with E-state index in [4.69, 9.17) is 22.1 Å². The first-order valence-corrected chi connectivity index (χ1v) is 9.09. The van der Waals surface area contributed by atoms with Gasteiger partial charge in [0, 0.05) is 39.4 Å². The third-order valence-electron chi connectivity index (χ3n) is 4.22. The first kappa shape index (κ1) is 19.3. The number of nitrogens with zero attached hydrogens (tertiary/aromatic N) is 1. The summed E-state index contributed by atoms with van der Waals surface area (Å²) >= 11 is 9.15. The molecule has 1 aromatic rings. The number of phenolic OH excluding ortho intramolecular Hbond substituents is 1. The Morgan fingerprint density at radius 2 is 2.21 bits per heavy atom. The number of rotatable bonds is 6. The van der Waals surface area contributed by atoms with E-state index in [2.05, 4.69) is 26.1 Å². The first-order valence-electron chi connectivity index (χ1n) is 7.92. The maximum atomic E-state index is 12.4. The van der Waals surface area contributed by atoms with Crippen LogP contribution in [0.3, 0.4) is 0 Å². The molecule has 24 heavy (non-hydrogen) atoms. The fourth-order valence-electron chi connectivity index (χ4n) is 2.79. The number of piperidine rings is 1. The van der Waals surface area contributed by atoms with Gasteiger partial charge < -0.3 is 25.8 Å². The Kier molecular flexibility index (Phi) is 7.16. The molecule has 1 aliphatic heterocycles. The molecule has 134 valence electrons. The van der Waals surface area contributed by atoms with Gasteiger partial charge in [0.2, 0.25) is 0 Å². The lowest BCUT2D eigenvalue weighted by Gasteiger charge is -2.32. The molecule has 6 nitrogen and oxygen atoms in total. The number of phenols is 1. The van der Waals surface area contributed by atoms with Crippen LogP contribution >= 0.6 is 27.5 Å². The Bertz CT molecular complexity index is 592. The number of benzene rings is 1. The van der Waals surface area contributed by atoms with E-state index in [-0.39, 0.29) is 38.4 Å². The Balaban J connectivity index is 1.90. The highest BCUT2D eigenvalue weighted by atomic mass is 79.9. The van der Waals surface area contributed by atoms with Crippen LogP contribution in [-0.4, -0.2) is 55.3 Å². The normalized spacial score (nSPS) is 16.3. The Morgan fingerprint density at radius 1 is 1.54 bits per heavy atom. The van der Waals surface area contributed by atoms with Crippen LogP contribution in [0.1, 0.15) is 29.6 Å². The first-order chi connectivity index (χ1) is 11.4. The molecule has 0 bridgehead atoms. The van der Waals surface area contributed by atoms with E-state index in [0.717, 1.165) is 45.5 Å². The number of carbonyl (C=O) groups is 1. The molecular weight excluding hydrogens is 398 g/mol. The standard InChI is InChI=1S/C16H23BrClN3O3/c1-24-8-2-5-21-6-3-10(4-7-21)20-16(23)11-9-12(18)14(19)13(17)15(11)22/h9-10,22H,2-8,19H2,1H3,(H,20,23). The van der Waals surface area contributed by atoms with Crippen molar-refractivity contribution in [3.8, 4) is 5.75 Å². The summed E-state index contributed by atoms with van der Waals surface area (Å²) < 4.78 is 5.31. The van der Waals surface area contributed by atoms with Crippen molar-refractivity contribution in [3.05, 3.63) is 21.1 Å². The van der Waals surface area contributed by atoms with Gasteiger partial charge >= 0.3 is 0 Å². The fraction of sp³-hybridized carbons (Fsp3) is 0.562. The number of carbonyl (C=O) groups excluding carboxylic acids is 1. The Hall–Kier alpha value is -1.02. The average Bonchev–Trinajstić information content (AvgIpc) is 2.58. The molecule has 0 spiro atoms. The molecule has 2 rings (SSSR count). The number of aromatic hydroxyl groups is 1. The number of likely N-dealkylation sites (tertiary alicyclic amines) is 1. The second-order valence-electron chi connectivity index (χ2n) is 5.92. The molecule has 8 heteroatoms. The van der Waals surface area contributed by atoms with Gasteiger partial charge in [0.05, 0.1) is 20.7 Å². The number of hydrogen-bond donors (Lipinski definition) is 3. The fourth-order valence-corrected chi connectivity index (χ4v) is 3.54. The number of methoxy groups -OCH3 is 1. The summed E-state index contributed by atoms with van der Waals surface area (Å²) in [7, 11) is 1.71. The van der Waals surface area contributed by atoms with Crippen molar-refractivity contribution in [1.29, 1.82) is 0 Å². The van der Waals surface area contributed by atoms with Gasteiger partial charge in [-0.25, -0.2) is 0 Å². The molecule has 1 heterocycles. The summed E-state index contributed by atoms with van der Waals surface area (Å²) in [6.07, 6.45) is 2.77. The topological polar surface area (TPSA) is 87.8 Å². The van der Waals surface area contributed by atoms with Gasteiger partial charge in [0.25, 0.3) is 5.91 Å². The van der Waals surface area contributed by atoms with E-state index in [0.29, 0.717) is 0 Å². The SMILES string of the molecule is COCCCN1CCC(NC(=O)c2cc(Cl)c(N)c(Br)c2O)CC1. The highest BCUT2D eigenvalue weighted by Crippen LogP contribution is 2.38. The van der Waals surface area contributed by atoms with E-state index < -0.39 is 0 Å². The lowest BCUT2D eigenvalue weighted by molar-refractivity contribution is 0.0904. The average molecular weight is 421 g/mol. The van der Waals surface area contributed by atoms with Crippen LogP contribution in [0, 0.1) is 0 Å². The van der Waals surface area contributed by atoms with Gasteiger partial charge in [0.1, 0.15) is 5.75 Å². The van der Waals surface area contributed by atoms with Crippen molar-refractivity contribution in [1.82, 2.24) is 10.2 Å². The van der Waals surface area contributed by atoms with Crippen molar-refractivity contribution >= 4 is 39.1 Å². The van der Waals surface area contributed by atoms with Crippen LogP contribution in [-0.2, 0) is 4.74 Å². The van der Waals surface area contributed by atoms with Gasteiger partial charge in [-0.05, 0) is 41.3 Å². The summed E-state index contributed by atoms with van der Waals surface area (Å²) in [4.78, 5) is 14.8. The van der Waals surface area contributed by atoms with E-state index >= 15 is 0 Å². The van der Waals surface area contributed by atoms with Crippen molar-refractivity contribution < 1.29 is 14.6 Å². The van der Waals surface area contributed by atoms with Crippen LogP contribution in [0.5, 0.6) is 5.75 Å². The zero-order valence-corrected chi connectivity index (χ0v) is 16.0. The number of hydrogen-bond acceptors (Lipinski definition) is 5. The third kappa shape index (κ3) is 4.75. The minimum atomic E-state index is -0.340. The lowest BCUT2D eigenvalue weighted by Crippen LogP contribution is -2.45. The summed E-state index contributed by atoms with van der Waals surface area (Å²) in [6.45, 7) is 3.65. The predicted octanol–water partition coefficient (Wildman–Crippen LogP) is 2.62. The molecule has 0 atom stereocenters. The highest BCUT2D eigenvalue weighted by Gasteiger charge is 2.24. The van der Waals surface area contributed by atoms with Gasteiger partial charge in [-0.15, -0.1) is 0 Å². The van der Waals surface area contributed by atoms with E-state index in [1.165, 1.54) is 6.07 Å². The van der Waals surface area contributed by atoms with E-state index in [1.807, 2.05) is 0 Å². The smallest absolute Gasteiger partial charge is 0.255 e. The number of halogens is 2. The number of nitrogens with two attached hydrogens (primary N) is 1. The van der Waals surface area contributed by atoms with Gasteiger partial charge in [-0.3, -0.25) is 4.79 Å². The monoisotopic (exact) mass is 419 g/mol. The lowest BCUT2D eigenvalue weighted by atomic mass is 10.0. The predicted molar refractivity (Wildman–Crippen MR) is 98.7 cm³/mol. The molecule has 1 aliphatic rings. The highest BCUT2D eigenvalue weighted by molar-refractivity contribution is 9.10. The van der Waals surface area contributed by atoms with E-state index in [9.17, 15) is 9.90 Å². The van der Waals surface area contributed by atoms with Crippen LogP contribution in [0.2, 0.25) is 5.02 Å². The van der Waals surface area contributed by atoms with Crippen LogP contribution in [0.4, 0.5) is 5.69 Å². The number of nitrogen functional groups attached to an aromatic ring is 1. The zero-order chi connectivity index (χ0) is 17.7. The summed E-state index contributed by atoms with van der Waals surface area (Å²) in [5.41, 5.74) is 6.06. The largest absolute Gasteiger partial charge is 0.506 e. The molecule has 1 aromatic carbocycles. The molecule has 1 amide bonds. The van der Waals surface area contributed by atoms with Gasteiger partial charge in [0.15, 0.2) is 0 Å². The second-order valence-corrected chi connectivity index (χ2v) is 7.12. The minimum absolute atomic E-state index is 0.0886. The summed E-state index contributed by atoms with van der Waals surface area (Å²) in [6, 6.07) is 1.48. The van der Waals surface area contributed by atoms with Crippen molar-refractivity contribution in [3.63, 3.8) is 0 Å². The van der Waals surface area contributed by atoms with Crippen molar-refractivity contribution in [2.24, 2.45) is 0 Å². The molecule has 0 unspecified atom stereocenters. The quantitative estimate of drug-likeness (QED) is 0.486. The van der Waals surface area contributed by atoms with Gasteiger partial charge in [-0.2, -0.15) is 0 Å². The van der Waals surface area contributed by atoms with Gasteiger partial charge in [-0.1, -0.05) is 11.6 Å². The molecule has 1 saturated heterocycles. The number of ether oxygens (including phenoxy) is 1. The number of anilines is 1. The maximum absolute atomic E-state index is 12.4. The third-order valence-corrected chi connectivity index (χ3v) is 5.33. The molecule has 0 aromatic heterocycles. The number of nitrogens with one attached hydrogen (secondary N) is 1. The van der Waals surface area contributed by atoms with Crippen LogP contribution in [0.25, 0.3) is 0 Å². The van der Waals surface area contributed by atoms with Crippen LogP contribution in [0.15, 0.2) is 10.5 Å². The molecule has 0 aliphatic carbocycles. The van der Waals surface area contributed by atoms with E-state index in [1.54, 1.807) is 7.11 Å². The van der Waals surface area contributed by atoms with Crippen molar-refractivity contribution in [2.75, 3.05) is 39.1 Å². The number of amides is 1. The molecule has 1 fully saturated rings. The molecular formula is C16H23BrClN3O3. The summed E-state index contributed by atoms with van der Waals surface area (Å²) in [5.74, 6) is -0.528. The molecule has 4 N–H and O–H groups in total. The second kappa shape index (κ2) is 8.89. The minimum Gasteiger partial charge on any atom is -0.506 e. The van der Waals surface area contributed by atoms with Crippen molar-refractivity contribution in [2.45, 2.75) is 25.3 Å².